The Labute approximate surface area is 169 Å². The van der Waals surface area contributed by atoms with Crippen molar-refractivity contribution < 1.29 is 4.79 Å². The van der Waals surface area contributed by atoms with Crippen molar-refractivity contribution in [2.45, 2.75) is 40.0 Å². The van der Waals surface area contributed by atoms with Crippen molar-refractivity contribution in [1.82, 2.24) is 10.4 Å². The number of amides is 1. The number of nitrogens with one attached hydrogen (secondary N) is 1. The number of fused-ring (bicyclic) bond motifs is 1. The average Bonchev–Trinajstić information content (AvgIpc) is 3.18. The molecule has 1 fully saturated rings. The molecule has 1 atom stereocenters. The number of carbonyl (C=O) groups is 1. The van der Waals surface area contributed by atoms with E-state index in [9.17, 15) is 4.79 Å². The van der Waals surface area contributed by atoms with Gasteiger partial charge in [0.25, 0.3) is 5.91 Å². The monoisotopic (exact) mass is 391 g/mol. The molecule has 1 unspecified atom stereocenters. The highest BCUT2D eigenvalue weighted by atomic mass is 32.1. The Kier molecular flexibility index (Phi) is 5.02. The third-order valence-corrected chi connectivity index (χ3v) is 6.11. The van der Waals surface area contributed by atoms with Crippen molar-refractivity contribution in [2.75, 3.05) is 0 Å². The Balaban J connectivity index is 1.66. The minimum atomic E-state index is -0.181. The first-order valence-corrected chi connectivity index (χ1v) is 10.6. The van der Waals surface area contributed by atoms with Gasteiger partial charge in [-0.1, -0.05) is 45.0 Å². The summed E-state index contributed by atoms with van der Waals surface area (Å²) in [6, 6.07) is 13.7. The minimum absolute atomic E-state index is 0.181. The van der Waals surface area contributed by atoms with Gasteiger partial charge in [0.2, 0.25) is 0 Å². The lowest BCUT2D eigenvalue weighted by atomic mass is 9.72. The summed E-state index contributed by atoms with van der Waals surface area (Å²) >= 11 is 1.62. The summed E-state index contributed by atoms with van der Waals surface area (Å²) in [6.07, 6.45) is 3.07. The third-order valence-electron chi connectivity index (χ3n) is 5.22. The molecule has 144 valence electrons. The maximum Gasteiger partial charge on any atom is 0.272 e. The first-order valence-electron chi connectivity index (χ1n) is 9.71. The van der Waals surface area contributed by atoms with Crippen LogP contribution < -0.4 is 5.43 Å². The lowest BCUT2D eigenvalue weighted by molar-refractivity contribution is 0.0955. The van der Waals surface area contributed by atoms with Crippen molar-refractivity contribution in [3.8, 4) is 10.6 Å². The smallest absolute Gasteiger partial charge is 0.267 e. The summed E-state index contributed by atoms with van der Waals surface area (Å²) in [4.78, 5) is 18.8. The van der Waals surface area contributed by atoms with Gasteiger partial charge < -0.3 is 0 Å². The van der Waals surface area contributed by atoms with E-state index in [0.29, 0.717) is 11.5 Å². The maximum atomic E-state index is 13.0. The third kappa shape index (κ3) is 3.99. The van der Waals surface area contributed by atoms with Crippen molar-refractivity contribution in [3.63, 3.8) is 0 Å². The summed E-state index contributed by atoms with van der Waals surface area (Å²) < 4.78 is 0. The van der Waals surface area contributed by atoms with Gasteiger partial charge in [0.1, 0.15) is 0 Å². The normalized spacial score (nSPS) is 20.4. The summed E-state index contributed by atoms with van der Waals surface area (Å²) in [5.74, 6) is 0.409. The van der Waals surface area contributed by atoms with E-state index in [1.165, 1.54) is 6.42 Å². The lowest BCUT2D eigenvalue weighted by Gasteiger charge is -2.34. The highest BCUT2D eigenvalue weighted by Crippen LogP contribution is 2.37. The molecule has 0 aliphatic heterocycles. The molecular weight excluding hydrogens is 366 g/mol. The summed E-state index contributed by atoms with van der Waals surface area (Å²) in [7, 11) is 0. The van der Waals surface area contributed by atoms with Crippen LogP contribution in [0.25, 0.3) is 21.5 Å². The Morgan fingerprint density at radius 1 is 1.25 bits per heavy atom. The molecule has 1 aliphatic carbocycles. The molecule has 1 saturated carbocycles. The van der Waals surface area contributed by atoms with Crippen LogP contribution in [0.4, 0.5) is 0 Å². The molecule has 4 nitrogen and oxygen atoms in total. The fourth-order valence-corrected chi connectivity index (χ4v) is 4.99. The van der Waals surface area contributed by atoms with Crippen LogP contribution in [-0.4, -0.2) is 16.6 Å². The zero-order valence-corrected chi connectivity index (χ0v) is 17.3. The Morgan fingerprint density at radius 2 is 2.07 bits per heavy atom. The molecule has 2 aromatic heterocycles. The number of carbonyl (C=O) groups excluding carboxylic acids is 1. The molecule has 0 bridgehead atoms. The van der Waals surface area contributed by atoms with Crippen LogP contribution in [0.1, 0.15) is 50.4 Å². The van der Waals surface area contributed by atoms with Gasteiger partial charge in [-0.2, -0.15) is 5.10 Å². The lowest BCUT2D eigenvalue weighted by Crippen LogP contribution is -2.30. The molecule has 28 heavy (non-hydrogen) atoms. The van der Waals surface area contributed by atoms with Gasteiger partial charge in [0.05, 0.1) is 21.7 Å². The van der Waals surface area contributed by atoms with Crippen molar-refractivity contribution in [1.29, 1.82) is 0 Å². The molecular formula is C23H25N3OS. The molecule has 1 amide bonds. The Hall–Kier alpha value is -2.53. The molecule has 5 heteroatoms. The van der Waals surface area contributed by atoms with Crippen LogP contribution in [0.15, 0.2) is 52.9 Å². The highest BCUT2D eigenvalue weighted by Gasteiger charge is 2.29. The van der Waals surface area contributed by atoms with Crippen LogP contribution in [0, 0.1) is 11.3 Å². The molecule has 1 aliphatic rings. The number of aromatic nitrogens is 1. The number of benzene rings is 1. The largest absolute Gasteiger partial charge is 0.272 e. The quantitative estimate of drug-likeness (QED) is 0.566. The van der Waals surface area contributed by atoms with Gasteiger partial charge in [-0.05, 0) is 54.2 Å². The number of hydrogen-bond donors (Lipinski definition) is 1. The van der Waals surface area contributed by atoms with E-state index in [-0.39, 0.29) is 11.3 Å². The number of hydrogen-bond acceptors (Lipinski definition) is 4. The number of nitrogens with zero attached hydrogens (tertiary/aromatic N) is 2. The number of hydrazone groups is 1. The van der Waals surface area contributed by atoms with Crippen LogP contribution in [-0.2, 0) is 0 Å². The molecule has 1 N–H and O–H groups in total. The van der Waals surface area contributed by atoms with Crippen LogP contribution in [0.3, 0.4) is 0 Å². The van der Waals surface area contributed by atoms with Crippen molar-refractivity contribution >= 4 is 33.9 Å². The van der Waals surface area contributed by atoms with Crippen LogP contribution >= 0.6 is 11.3 Å². The molecule has 3 aromatic rings. The SMILES string of the molecule is CC1CC(=NNC(=O)c2cc(-c3cccs3)nc3ccccc23)CC(C)(C)C1. The van der Waals surface area contributed by atoms with E-state index in [1.54, 1.807) is 11.3 Å². The molecule has 0 saturated heterocycles. The second-order valence-corrected chi connectivity index (χ2v) is 9.47. The van der Waals surface area contributed by atoms with Crippen molar-refractivity contribution in [3.05, 3.63) is 53.4 Å². The van der Waals surface area contributed by atoms with Gasteiger partial charge in [0.15, 0.2) is 0 Å². The molecule has 0 spiro atoms. The van der Waals surface area contributed by atoms with Gasteiger partial charge in [-0.15, -0.1) is 11.3 Å². The fourth-order valence-electron chi connectivity index (χ4n) is 4.30. The number of pyridine rings is 1. The molecule has 1 aromatic carbocycles. The van der Waals surface area contributed by atoms with E-state index < -0.39 is 0 Å². The molecule has 4 rings (SSSR count). The fraction of sp³-hybridized carbons (Fsp3) is 0.348. The zero-order chi connectivity index (χ0) is 19.7. The first-order chi connectivity index (χ1) is 13.4. The molecule has 0 radical (unpaired) electrons. The standard InChI is InChI=1S/C23H25N3OS/c1-15-11-16(14-23(2,3)13-15)25-26-22(27)18-12-20(21-9-6-10-28-21)24-19-8-5-4-7-17(18)19/h4-10,12,15H,11,13-14H2,1-3H3,(H,26,27). The second kappa shape index (κ2) is 7.47. The number of rotatable bonds is 3. The number of para-hydroxylation sites is 1. The van der Waals surface area contributed by atoms with Crippen molar-refractivity contribution in [2.24, 2.45) is 16.4 Å². The van der Waals surface area contributed by atoms with E-state index >= 15 is 0 Å². The Bertz CT molecular complexity index is 1040. The second-order valence-electron chi connectivity index (χ2n) is 8.52. The van der Waals surface area contributed by atoms with E-state index in [1.807, 2.05) is 47.8 Å². The van der Waals surface area contributed by atoms with E-state index in [2.05, 4.69) is 31.3 Å². The van der Waals surface area contributed by atoms with E-state index in [4.69, 9.17) is 4.98 Å². The predicted molar refractivity (Wildman–Crippen MR) is 117 cm³/mol. The summed E-state index contributed by atoms with van der Waals surface area (Å²) in [5.41, 5.74) is 6.38. The van der Waals surface area contributed by atoms with Gasteiger partial charge in [0, 0.05) is 11.1 Å². The summed E-state index contributed by atoms with van der Waals surface area (Å²) in [6.45, 7) is 6.79. The highest BCUT2D eigenvalue weighted by molar-refractivity contribution is 7.13. The summed E-state index contributed by atoms with van der Waals surface area (Å²) in [5, 5.41) is 7.37. The van der Waals surface area contributed by atoms with Crippen LogP contribution in [0.5, 0.6) is 0 Å². The average molecular weight is 392 g/mol. The zero-order valence-electron chi connectivity index (χ0n) is 16.5. The van der Waals surface area contributed by atoms with E-state index in [0.717, 1.165) is 40.0 Å². The van der Waals surface area contributed by atoms with Gasteiger partial charge in [-0.25, -0.2) is 10.4 Å². The van der Waals surface area contributed by atoms with Crippen LogP contribution in [0.2, 0.25) is 0 Å². The first kappa shape index (κ1) is 18.8. The minimum Gasteiger partial charge on any atom is -0.267 e. The van der Waals surface area contributed by atoms with Gasteiger partial charge in [-0.3, -0.25) is 4.79 Å². The molecule has 2 heterocycles. The number of thiophene rings is 1. The maximum absolute atomic E-state index is 13.0. The topological polar surface area (TPSA) is 54.4 Å². The Morgan fingerprint density at radius 3 is 2.82 bits per heavy atom. The van der Waals surface area contributed by atoms with Gasteiger partial charge >= 0.3 is 0 Å². The predicted octanol–water partition coefficient (Wildman–Crippen LogP) is 5.90.